The summed E-state index contributed by atoms with van der Waals surface area (Å²) < 4.78 is 30.2. The molecule has 0 radical (unpaired) electrons. The summed E-state index contributed by atoms with van der Waals surface area (Å²) >= 11 is 0. The predicted molar refractivity (Wildman–Crippen MR) is 133 cm³/mol. The van der Waals surface area contributed by atoms with Crippen LogP contribution in [-0.4, -0.2) is 34.3 Å². The first-order valence-electron chi connectivity index (χ1n) is 11.1. The Morgan fingerprint density at radius 3 is 1.74 bits per heavy atom. The van der Waals surface area contributed by atoms with E-state index in [4.69, 9.17) is 13.5 Å². The Labute approximate surface area is 189 Å². The van der Waals surface area contributed by atoms with Crippen LogP contribution < -0.4 is 10.4 Å². The highest BCUT2D eigenvalue weighted by atomic mass is 31.2. The minimum Gasteiger partial charge on any atom is -0.404 e. The number of rotatable bonds is 12. The van der Waals surface area contributed by atoms with E-state index in [-0.39, 0.29) is 5.04 Å². The summed E-state index contributed by atoms with van der Waals surface area (Å²) in [5.74, 6) is 0. The van der Waals surface area contributed by atoms with Gasteiger partial charge in [0.2, 0.25) is 0 Å². The lowest BCUT2D eigenvalue weighted by Crippen LogP contribution is -2.66. The van der Waals surface area contributed by atoms with E-state index in [1.807, 2.05) is 38.1 Å². The van der Waals surface area contributed by atoms with Gasteiger partial charge in [-0.1, -0.05) is 93.6 Å². The molecule has 0 aliphatic heterocycles. The maximum Gasteiger partial charge on any atom is 0.330 e. The second-order valence-electron chi connectivity index (χ2n) is 8.40. The molecule has 2 aromatic rings. The number of allylic oxidation sites excluding steroid dienone is 1. The van der Waals surface area contributed by atoms with E-state index >= 15 is 0 Å². The van der Waals surface area contributed by atoms with Crippen LogP contribution in [0.3, 0.4) is 0 Å². The molecule has 31 heavy (non-hydrogen) atoms. The van der Waals surface area contributed by atoms with Crippen molar-refractivity contribution in [3.05, 3.63) is 72.8 Å². The first kappa shape index (κ1) is 25.8. The van der Waals surface area contributed by atoms with Crippen molar-refractivity contribution in [2.45, 2.75) is 46.1 Å². The van der Waals surface area contributed by atoms with Crippen LogP contribution in [0, 0.1) is 0 Å². The molecule has 0 saturated carbocycles. The lowest BCUT2D eigenvalue weighted by atomic mass is 10.2. The second kappa shape index (κ2) is 11.9. The Morgan fingerprint density at radius 2 is 1.32 bits per heavy atom. The summed E-state index contributed by atoms with van der Waals surface area (Å²) in [6.07, 6.45) is 5.05. The number of hydrogen-bond acceptors (Lipinski definition) is 4. The molecule has 0 aliphatic carbocycles. The zero-order chi connectivity index (χ0) is 22.8. The lowest BCUT2D eigenvalue weighted by Gasteiger charge is -2.42. The fourth-order valence-electron chi connectivity index (χ4n) is 3.91. The van der Waals surface area contributed by atoms with Crippen molar-refractivity contribution in [3.8, 4) is 0 Å². The van der Waals surface area contributed by atoms with Crippen LogP contribution in [0.2, 0.25) is 5.04 Å². The SMILES string of the molecule is CCOP(=O)(CC/C=C\CO[Si](c1ccccc1)(c1ccccc1)C(C)(C)C)OCC. The highest BCUT2D eigenvalue weighted by molar-refractivity contribution is 7.53. The maximum absolute atomic E-state index is 12.6. The van der Waals surface area contributed by atoms with Crippen molar-refractivity contribution >= 4 is 26.3 Å². The molecule has 0 saturated heterocycles. The standard InChI is InChI=1S/C25H37O4PSi/c1-6-27-30(26,28-7-2)22-16-10-15-21-29-31(25(3,4)5,23-17-11-8-12-18-23)24-19-13-9-14-20-24/h8-15,17-20H,6-7,16,21-22H2,1-5H3/b15-10-. The number of benzene rings is 2. The van der Waals surface area contributed by atoms with Gasteiger partial charge in [0, 0.05) is 0 Å². The summed E-state index contributed by atoms with van der Waals surface area (Å²) in [6, 6.07) is 21.2. The molecule has 4 nitrogen and oxygen atoms in total. The smallest absolute Gasteiger partial charge is 0.330 e. The van der Waals surface area contributed by atoms with Gasteiger partial charge >= 0.3 is 7.60 Å². The molecule has 0 heterocycles. The highest BCUT2D eigenvalue weighted by Gasteiger charge is 2.49. The zero-order valence-electron chi connectivity index (χ0n) is 19.5. The first-order chi connectivity index (χ1) is 14.8. The van der Waals surface area contributed by atoms with Crippen molar-refractivity contribution < 1.29 is 18.0 Å². The third-order valence-electron chi connectivity index (χ3n) is 5.20. The van der Waals surface area contributed by atoms with E-state index in [1.54, 1.807) is 0 Å². The summed E-state index contributed by atoms with van der Waals surface area (Å²) in [5, 5.41) is 2.47. The van der Waals surface area contributed by atoms with Gasteiger partial charge in [-0.25, -0.2) is 0 Å². The van der Waals surface area contributed by atoms with Crippen molar-refractivity contribution in [1.29, 1.82) is 0 Å². The minimum absolute atomic E-state index is 0.0524. The van der Waals surface area contributed by atoms with E-state index in [1.165, 1.54) is 10.4 Å². The molecule has 0 aromatic heterocycles. The van der Waals surface area contributed by atoms with E-state index in [2.05, 4.69) is 69.3 Å². The predicted octanol–water partition coefficient (Wildman–Crippen LogP) is 5.78. The molecule has 0 amide bonds. The van der Waals surface area contributed by atoms with Gasteiger partial charge in [-0.3, -0.25) is 4.57 Å². The van der Waals surface area contributed by atoms with Gasteiger partial charge in [0.05, 0.1) is 26.0 Å². The molecule has 0 atom stereocenters. The van der Waals surface area contributed by atoms with Crippen LogP contribution in [0.25, 0.3) is 0 Å². The van der Waals surface area contributed by atoms with Gasteiger partial charge in [0.1, 0.15) is 0 Å². The fourth-order valence-corrected chi connectivity index (χ4v) is 10.00. The molecule has 170 valence electrons. The summed E-state index contributed by atoms with van der Waals surface area (Å²) in [7, 11) is -5.53. The molecule has 2 aromatic carbocycles. The van der Waals surface area contributed by atoms with E-state index in [0.29, 0.717) is 32.4 Å². The van der Waals surface area contributed by atoms with Gasteiger partial charge in [0.25, 0.3) is 8.32 Å². The van der Waals surface area contributed by atoms with Crippen molar-refractivity contribution in [3.63, 3.8) is 0 Å². The molecule has 0 aliphatic rings. The zero-order valence-corrected chi connectivity index (χ0v) is 21.4. The van der Waals surface area contributed by atoms with E-state index in [9.17, 15) is 4.57 Å². The van der Waals surface area contributed by atoms with Crippen LogP contribution >= 0.6 is 7.60 Å². The molecule has 2 rings (SSSR count). The van der Waals surface area contributed by atoms with Gasteiger partial charge in [-0.05, 0) is 35.7 Å². The van der Waals surface area contributed by atoms with Crippen LogP contribution in [0.1, 0.15) is 41.0 Å². The summed E-state index contributed by atoms with van der Waals surface area (Å²) in [6.45, 7) is 11.7. The molecule has 6 heteroatoms. The third kappa shape index (κ3) is 6.74. The Balaban J connectivity index is 2.20. The van der Waals surface area contributed by atoms with Gasteiger partial charge in [-0.15, -0.1) is 0 Å². The van der Waals surface area contributed by atoms with Gasteiger partial charge < -0.3 is 13.5 Å². The molecular weight excluding hydrogens is 423 g/mol. The second-order valence-corrected chi connectivity index (χ2v) is 14.9. The summed E-state index contributed by atoms with van der Waals surface area (Å²) in [4.78, 5) is 0. The largest absolute Gasteiger partial charge is 0.404 e. The van der Waals surface area contributed by atoms with Crippen molar-refractivity contribution in [1.82, 2.24) is 0 Å². The quantitative estimate of drug-likeness (QED) is 0.229. The summed E-state index contributed by atoms with van der Waals surface area (Å²) in [5.41, 5.74) is 0. The average Bonchev–Trinajstić information content (AvgIpc) is 2.74. The van der Waals surface area contributed by atoms with E-state index in [0.717, 1.165) is 0 Å². The maximum atomic E-state index is 12.6. The van der Waals surface area contributed by atoms with E-state index < -0.39 is 15.9 Å². The first-order valence-corrected chi connectivity index (χ1v) is 14.7. The Kier molecular flexibility index (Phi) is 9.92. The Morgan fingerprint density at radius 1 is 0.839 bits per heavy atom. The molecular formula is C25H37O4PSi. The molecule has 0 spiro atoms. The highest BCUT2D eigenvalue weighted by Crippen LogP contribution is 2.48. The minimum atomic E-state index is -3.01. The van der Waals surface area contributed by atoms with Crippen molar-refractivity contribution in [2.75, 3.05) is 26.0 Å². The van der Waals surface area contributed by atoms with Crippen LogP contribution in [0.15, 0.2) is 72.8 Å². The number of hydrogen-bond donors (Lipinski definition) is 0. The topological polar surface area (TPSA) is 44.8 Å². The molecule has 0 unspecified atom stereocenters. The van der Waals surface area contributed by atoms with Crippen LogP contribution in [-0.2, 0) is 18.0 Å². The lowest BCUT2D eigenvalue weighted by molar-refractivity contribution is 0.220. The van der Waals surface area contributed by atoms with Gasteiger partial charge in [0.15, 0.2) is 0 Å². The molecule has 0 N–H and O–H groups in total. The monoisotopic (exact) mass is 460 g/mol. The normalized spacial score (nSPS) is 13.1. The molecule has 0 bridgehead atoms. The van der Waals surface area contributed by atoms with Gasteiger partial charge in [-0.2, -0.15) is 0 Å². The third-order valence-corrected chi connectivity index (χ3v) is 12.3. The van der Waals surface area contributed by atoms with Crippen LogP contribution in [0.4, 0.5) is 0 Å². The average molecular weight is 461 g/mol. The Bertz CT molecular complexity index is 797. The van der Waals surface area contributed by atoms with Crippen molar-refractivity contribution in [2.24, 2.45) is 0 Å². The van der Waals surface area contributed by atoms with Crippen LogP contribution in [0.5, 0.6) is 0 Å². The molecule has 0 fully saturated rings. The Hall–Kier alpha value is -1.49. The fraction of sp³-hybridized carbons (Fsp3) is 0.440.